The molecule has 3 aliphatic rings. The van der Waals surface area contributed by atoms with Crippen LogP contribution in [0.15, 0.2) is 54.6 Å². The van der Waals surface area contributed by atoms with E-state index in [0.29, 0.717) is 6.04 Å². The summed E-state index contributed by atoms with van der Waals surface area (Å²) in [7, 11) is 0. The molecule has 2 atom stereocenters. The number of para-hydroxylation sites is 1. The van der Waals surface area contributed by atoms with Gasteiger partial charge in [-0.3, -0.25) is 9.80 Å². The van der Waals surface area contributed by atoms with Gasteiger partial charge in [0, 0.05) is 42.3 Å². The van der Waals surface area contributed by atoms with E-state index in [1.807, 2.05) is 0 Å². The zero-order valence-electron chi connectivity index (χ0n) is 15.7. The molecule has 6 rings (SSSR count). The number of hydrogen-bond acceptors (Lipinski definition) is 2. The fourth-order valence-corrected chi connectivity index (χ4v) is 5.22. The maximum Gasteiger partial charge on any atom is 0.0715 e. The standard InChI is InChI=1S/C23H27N3/c1-3-26-15-18-13-20-19-11-7-8-12-21(19)24-22(20)23(26,2)16-25(18)14-17-9-5-4-6-10-17/h4-12,18,24H,3,13-16H2,1-2H3/t18-,23+/m0/s1. The highest BCUT2D eigenvalue weighted by molar-refractivity contribution is 5.85. The van der Waals surface area contributed by atoms with Crippen LogP contribution < -0.4 is 0 Å². The lowest BCUT2D eigenvalue weighted by atomic mass is 9.91. The summed E-state index contributed by atoms with van der Waals surface area (Å²) >= 11 is 0. The molecule has 26 heavy (non-hydrogen) atoms. The van der Waals surface area contributed by atoms with E-state index in [-0.39, 0.29) is 5.54 Å². The van der Waals surface area contributed by atoms with E-state index in [4.69, 9.17) is 0 Å². The third-order valence-corrected chi connectivity index (χ3v) is 6.56. The van der Waals surface area contributed by atoms with Crippen molar-refractivity contribution in [3.05, 3.63) is 71.4 Å². The van der Waals surface area contributed by atoms with Crippen molar-refractivity contribution in [1.82, 2.24) is 14.8 Å². The van der Waals surface area contributed by atoms with Crippen molar-refractivity contribution >= 4 is 10.9 Å². The summed E-state index contributed by atoms with van der Waals surface area (Å²) in [6, 6.07) is 20.3. The number of piperazine rings is 1. The Balaban J connectivity index is 1.59. The van der Waals surface area contributed by atoms with Gasteiger partial charge in [-0.25, -0.2) is 0 Å². The van der Waals surface area contributed by atoms with Gasteiger partial charge in [-0.2, -0.15) is 0 Å². The van der Waals surface area contributed by atoms with Crippen LogP contribution in [0.4, 0.5) is 0 Å². The molecule has 2 bridgehead atoms. The quantitative estimate of drug-likeness (QED) is 0.770. The van der Waals surface area contributed by atoms with E-state index in [2.05, 4.69) is 83.2 Å². The van der Waals surface area contributed by atoms with Crippen LogP contribution in [0, 0.1) is 0 Å². The van der Waals surface area contributed by atoms with Crippen LogP contribution in [0.25, 0.3) is 10.9 Å². The van der Waals surface area contributed by atoms with Crippen molar-refractivity contribution in [3.63, 3.8) is 0 Å². The van der Waals surface area contributed by atoms with Crippen molar-refractivity contribution in [1.29, 1.82) is 0 Å². The molecule has 1 aromatic heterocycles. The third kappa shape index (κ3) is 2.34. The normalized spacial score (nSPS) is 26.2. The van der Waals surface area contributed by atoms with E-state index < -0.39 is 0 Å². The number of likely N-dealkylation sites (N-methyl/N-ethyl adjacent to an activating group) is 1. The largest absolute Gasteiger partial charge is 0.357 e. The molecule has 1 N–H and O–H groups in total. The zero-order chi connectivity index (χ0) is 17.7. The van der Waals surface area contributed by atoms with Crippen molar-refractivity contribution < 1.29 is 0 Å². The lowest BCUT2D eigenvalue weighted by molar-refractivity contribution is -0.0247. The molecule has 0 unspecified atom stereocenters. The van der Waals surface area contributed by atoms with Gasteiger partial charge >= 0.3 is 0 Å². The van der Waals surface area contributed by atoms with Gasteiger partial charge in [-0.1, -0.05) is 55.5 Å². The molecular weight excluding hydrogens is 318 g/mol. The smallest absolute Gasteiger partial charge is 0.0715 e. The van der Waals surface area contributed by atoms with Crippen LogP contribution in [0.2, 0.25) is 0 Å². The van der Waals surface area contributed by atoms with Crippen molar-refractivity contribution in [2.45, 2.75) is 38.4 Å². The van der Waals surface area contributed by atoms with Gasteiger partial charge in [0.1, 0.15) is 0 Å². The predicted molar refractivity (Wildman–Crippen MR) is 107 cm³/mol. The van der Waals surface area contributed by atoms with Crippen molar-refractivity contribution in [2.75, 3.05) is 19.6 Å². The first-order valence-corrected chi connectivity index (χ1v) is 9.82. The van der Waals surface area contributed by atoms with Gasteiger partial charge < -0.3 is 4.98 Å². The minimum Gasteiger partial charge on any atom is -0.357 e. The Morgan fingerprint density at radius 3 is 2.65 bits per heavy atom. The molecule has 3 aromatic rings. The lowest BCUT2D eigenvalue weighted by Gasteiger charge is -2.50. The first kappa shape index (κ1) is 16.1. The van der Waals surface area contributed by atoms with Gasteiger partial charge in [0.15, 0.2) is 0 Å². The monoisotopic (exact) mass is 345 g/mol. The number of benzene rings is 2. The van der Waals surface area contributed by atoms with Gasteiger partial charge in [-0.15, -0.1) is 0 Å². The molecule has 134 valence electrons. The molecule has 3 nitrogen and oxygen atoms in total. The van der Waals surface area contributed by atoms with E-state index in [9.17, 15) is 0 Å². The van der Waals surface area contributed by atoms with Crippen LogP contribution in [-0.2, 0) is 18.5 Å². The number of hydrogen-bond donors (Lipinski definition) is 1. The molecule has 0 saturated carbocycles. The maximum absolute atomic E-state index is 3.80. The van der Waals surface area contributed by atoms with Crippen molar-refractivity contribution in [2.24, 2.45) is 0 Å². The number of aromatic amines is 1. The Bertz CT molecular complexity index is 929. The topological polar surface area (TPSA) is 22.3 Å². The molecule has 1 fully saturated rings. The summed E-state index contributed by atoms with van der Waals surface area (Å²) in [4.78, 5) is 9.20. The average Bonchev–Trinajstić information content (AvgIpc) is 2.94. The predicted octanol–water partition coefficient (Wildman–Crippen LogP) is 4.15. The molecule has 0 aliphatic carbocycles. The third-order valence-electron chi connectivity index (χ3n) is 6.56. The molecule has 1 saturated heterocycles. The minimum atomic E-state index is 0.0465. The molecule has 0 amide bonds. The lowest BCUT2D eigenvalue weighted by Crippen LogP contribution is -2.61. The molecule has 2 aromatic carbocycles. The number of nitrogens with one attached hydrogen (secondary N) is 1. The van der Waals surface area contributed by atoms with E-state index >= 15 is 0 Å². The second-order valence-corrected chi connectivity index (χ2v) is 8.09. The summed E-state index contributed by atoms with van der Waals surface area (Å²) in [5.41, 5.74) is 5.74. The van der Waals surface area contributed by atoms with Crippen LogP contribution in [-0.4, -0.2) is 40.5 Å². The number of rotatable bonds is 3. The summed E-state index contributed by atoms with van der Waals surface area (Å²) in [6.07, 6.45) is 1.14. The summed E-state index contributed by atoms with van der Waals surface area (Å²) in [5, 5.41) is 1.42. The molecular formula is C23H27N3. The second-order valence-electron chi connectivity index (χ2n) is 8.09. The molecule has 3 heteroatoms. The SMILES string of the molecule is CCN1C[C@@H]2Cc3c([nH]c4ccccc34)[C@@]1(C)CN2Cc1ccccc1. The molecule has 4 heterocycles. The van der Waals surface area contributed by atoms with Gasteiger partial charge in [-0.05, 0) is 37.1 Å². The number of nitrogens with zero attached hydrogens (tertiary/aromatic N) is 2. The Labute approximate surface area is 155 Å². The molecule has 0 spiro atoms. The van der Waals surface area contributed by atoms with Crippen molar-refractivity contribution in [3.8, 4) is 0 Å². The Kier molecular flexibility index (Phi) is 3.70. The first-order valence-electron chi connectivity index (χ1n) is 9.82. The fraction of sp³-hybridized carbons (Fsp3) is 0.391. The highest BCUT2D eigenvalue weighted by Gasteiger charge is 2.47. The number of fused-ring (bicyclic) bond motifs is 3. The van der Waals surface area contributed by atoms with E-state index in [1.54, 1.807) is 5.56 Å². The molecule has 0 radical (unpaired) electrons. The van der Waals surface area contributed by atoms with Gasteiger partial charge in [0.25, 0.3) is 0 Å². The van der Waals surface area contributed by atoms with Gasteiger partial charge in [0.05, 0.1) is 5.54 Å². The summed E-state index contributed by atoms with van der Waals surface area (Å²) in [5.74, 6) is 0. The number of H-pyrrole nitrogens is 1. The molecule has 3 aliphatic heterocycles. The second kappa shape index (κ2) is 5.97. The zero-order valence-corrected chi connectivity index (χ0v) is 15.7. The van der Waals surface area contributed by atoms with Crippen LogP contribution in [0.5, 0.6) is 0 Å². The van der Waals surface area contributed by atoms with Crippen LogP contribution >= 0.6 is 0 Å². The minimum absolute atomic E-state index is 0.0465. The maximum atomic E-state index is 3.80. The summed E-state index contributed by atoms with van der Waals surface area (Å²) in [6.45, 7) is 9.11. The average molecular weight is 345 g/mol. The van der Waals surface area contributed by atoms with Crippen LogP contribution in [0.3, 0.4) is 0 Å². The van der Waals surface area contributed by atoms with Gasteiger partial charge in [0.2, 0.25) is 0 Å². The van der Waals surface area contributed by atoms with E-state index in [1.165, 1.54) is 22.2 Å². The Morgan fingerprint density at radius 2 is 1.85 bits per heavy atom. The fourth-order valence-electron chi connectivity index (χ4n) is 5.22. The van der Waals surface area contributed by atoms with E-state index in [0.717, 1.165) is 32.6 Å². The Morgan fingerprint density at radius 1 is 1.08 bits per heavy atom. The van der Waals surface area contributed by atoms with Crippen LogP contribution in [0.1, 0.15) is 30.7 Å². The number of aromatic nitrogens is 1. The first-order chi connectivity index (χ1) is 12.7. The Hall–Kier alpha value is -2.10. The highest BCUT2D eigenvalue weighted by atomic mass is 15.3. The highest BCUT2D eigenvalue weighted by Crippen LogP contribution is 2.43. The summed E-state index contributed by atoms with van der Waals surface area (Å²) < 4.78 is 0.